The first kappa shape index (κ1) is 25.2. The molecule has 0 bridgehead atoms. The molecule has 9 heteroatoms. The van der Waals surface area contributed by atoms with Gasteiger partial charge in [-0.3, -0.25) is 4.79 Å². The number of hydrogen-bond donors (Lipinski definition) is 2. The molecule has 188 valence electrons. The Labute approximate surface area is 207 Å². The Hall–Kier alpha value is -1.87. The number of nitrogens with one attached hydrogen (secondary N) is 1. The zero-order chi connectivity index (χ0) is 24.3. The molecule has 0 radical (unpaired) electrons. The lowest BCUT2D eigenvalue weighted by molar-refractivity contribution is -0.134. The molecule has 2 aliphatic heterocycles. The third kappa shape index (κ3) is 5.85. The van der Waals surface area contributed by atoms with E-state index in [0.717, 1.165) is 38.8 Å². The second-order valence-corrected chi connectivity index (χ2v) is 10.5. The molecule has 4 rings (SSSR count). The van der Waals surface area contributed by atoms with Crippen molar-refractivity contribution in [2.24, 2.45) is 5.41 Å². The van der Waals surface area contributed by atoms with Gasteiger partial charge in [0.15, 0.2) is 0 Å². The van der Waals surface area contributed by atoms with Gasteiger partial charge in [0.25, 0.3) is 0 Å². The molecular formula is C25H37ClN4O4. The Morgan fingerprint density at radius 2 is 2.09 bits per heavy atom. The zero-order valence-corrected chi connectivity index (χ0v) is 21.0. The number of methoxy groups -OCH3 is 1. The second kappa shape index (κ2) is 10.8. The highest BCUT2D eigenvalue weighted by atomic mass is 35.5. The van der Waals surface area contributed by atoms with Crippen LogP contribution in [0, 0.1) is 5.41 Å². The van der Waals surface area contributed by atoms with E-state index in [4.69, 9.17) is 16.3 Å². The fourth-order valence-electron chi connectivity index (χ4n) is 5.36. The van der Waals surface area contributed by atoms with Gasteiger partial charge in [-0.1, -0.05) is 17.7 Å². The Bertz CT molecular complexity index is 880. The van der Waals surface area contributed by atoms with Crippen molar-refractivity contribution < 1.29 is 19.4 Å². The van der Waals surface area contributed by atoms with E-state index in [9.17, 15) is 14.7 Å². The standard InChI is InChI=1S/C25H37ClN4O4/c1-18-15-30(21(17-34-2)6-11-28-13-10-25(8-9-25)22(31)16-28)23(32)7-12-29(18)24(33)27-20-5-3-4-19(26)14-20/h3-5,14,18,21-22,31H,6-13,15-17H2,1-2H3,(H,27,33)/t18-,21+,22+/m0/s1. The number of halogens is 1. The fourth-order valence-corrected chi connectivity index (χ4v) is 5.55. The summed E-state index contributed by atoms with van der Waals surface area (Å²) >= 11 is 6.04. The zero-order valence-electron chi connectivity index (χ0n) is 20.2. The summed E-state index contributed by atoms with van der Waals surface area (Å²) in [5.41, 5.74) is 0.819. The van der Waals surface area contributed by atoms with E-state index in [-0.39, 0.29) is 42.0 Å². The molecular weight excluding hydrogens is 456 g/mol. The number of nitrogens with zero attached hydrogens (tertiary/aromatic N) is 3. The van der Waals surface area contributed by atoms with E-state index in [1.165, 1.54) is 0 Å². The molecule has 3 amide bonds. The van der Waals surface area contributed by atoms with Crippen molar-refractivity contribution in [1.29, 1.82) is 0 Å². The number of aliphatic hydroxyl groups is 1. The molecule has 1 aromatic carbocycles. The number of likely N-dealkylation sites (tertiary alicyclic amines) is 1. The minimum absolute atomic E-state index is 0.0440. The predicted octanol–water partition coefficient (Wildman–Crippen LogP) is 3.05. The summed E-state index contributed by atoms with van der Waals surface area (Å²) in [7, 11) is 1.66. The van der Waals surface area contributed by atoms with E-state index in [2.05, 4.69) is 10.2 Å². The number of carbonyl (C=O) groups is 2. The Balaban J connectivity index is 1.35. The van der Waals surface area contributed by atoms with Crippen LogP contribution in [0.25, 0.3) is 0 Å². The van der Waals surface area contributed by atoms with E-state index < -0.39 is 0 Å². The molecule has 8 nitrogen and oxygen atoms in total. The van der Waals surface area contributed by atoms with Crippen LogP contribution in [0.15, 0.2) is 24.3 Å². The second-order valence-electron chi connectivity index (χ2n) is 10.1. The molecule has 1 spiro atoms. The number of amides is 3. The SMILES string of the molecule is COC[C@@H](CCN1CCC2(CC2)[C@H](O)C1)N1C[C@H](C)N(C(=O)Nc2cccc(Cl)c2)CCC1=O. The van der Waals surface area contributed by atoms with E-state index in [1.54, 1.807) is 36.3 Å². The first-order valence-corrected chi connectivity index (χ1v) is 12.7. The number of piperidine rings is 1. The normalized spacial score (nSPS) is 25.8. The molecule has 1 aliphatic carbocycles. The number of ether oxygens (including phenoxy) is 1. The van der Waals surface area contributed by atoms with Gasteiger partial charge in [-0.05, 0) is 62.8 Å². The van der Waals surface area contributed by atoms with Crippen molar-refractivity contribution in [3.63, 3.8) is 0 Å². The number of aliphatic hydroxyl groups excluding tert-OH is 1. The summed E-state index contributed by atoms with van der Waals surface area (Å²) in [6, 6.07) is 6.60. The van der Waals surface area contributed by atoms with Gasteiger partial charge in [-0.15, -0.1) is 0 Å². The predicted molar refractivity (Wildman–Crippen MR) is 132 cm³/mol. The summed E-state index contributed by atoms with van der Waals surface area (Å²) in [4.78, 5) is 32.0. The number of carbonyl (C=O) groups excluding carboxylic acids is 2. The third-order valence-electron chi connectivity index (χ3n) is 7.75. The lowest BCUT2D eigenvalue weighted by Crippen LogP contribution is -2.50. The summed E-state index contributed by atoms with van der Waals surface area (Å²) in [6.07, 6.45) is 4.17. The van der Waals surface area contributed by atoms with Crippen LogP contribution in [0.5, 0.6) is 0 Å². The minimum atomic E-state index is -0.242. The minimum Gasteiger partial charge on any atom is -0.391 e. The molecule has 2 saturated heterocycles. The summed E-state index contributed by atoms with van der Waals surface area (Å²) in [5, 5.41) is 14.0. The van der Waals surface area contributed by atoms with Crippen LogP contribution in [0.2, 0.25) is 5.02 Å². The molecule has 2 N–H and O–H groups in total. The van der Waals surface area contributed by atoms with Crippen LogP contribution in [0.3, 0.4) is 0 Å². The van der Waals surface area contributed by atoms with Crippen LogP contribution >= 0.6 is 11.6 Å². The first-order valence-electron chi connectivity index (χ1n) is 12.3. The number of urea groups is 1. The van der Waals surface area contributed by atoms with Crippen molar-refractivity contribution in [2.75, 3.05) is 51.8 Å². The number of rotatable bonds is 7. The number of benzene rings is 1. The molecule has 2 heterocycles. The van der Waals surface area contributed by atoms with Crippen molar-refractivity contribution in [3.05, 3.63) is 29.3 Å². The Morgan fingerprint density at radius 1 is 1.29 bits per heavy atom. The molecule has 1 saturated carbocycles. The highest BCUT2D eigenvalue weighted by Crippen LogP contribution is 2.53. The van der Waals surface area contributed by atoms with Gasteiger partial charge < -0.3 is 29.9 Å². The van der Waals surface area contributed by atoms with Gasteiger partial charge in [-0.2, -0.15) is 0 Å². The van der Waals surface area contributed by atoms with Gasteiger partial charge in [0.1, 0.15) is 0 Å². The number of anilines is 1. The van der Waals surface area contributed by atoms with Crippen molar-refractivity contribution in [3.8, 4) is 0 Å². The van der Waals surface area contributed by atoms with Crippen LogP contribution in [-0.4, -0.2) is 96.4 Å². The first-order chi connectivity index (χ1) is 16.3. The molecule has 3 aliphatic rings. The Kier molecular flexibility index (Phi) is 8.02. The van der Waals surface area contributed by atoms with Crippen molar-refractivity contribution in [1.82, 2.24) is 14.7 Å². The fraction of sp³-hybridized carbons (Fsp3) is 0.680. The number of β-amino-alcohol motifs (C(OH)–C–C–N with tert-alkyl or cyclic N) is 1. The van der Waals surface area contributed by atoms with E-state index in [1.807, 2.05) is 11.8 Å². The Morgan fingerprint density at radius 3 is 2.76 bits per heavy atom. The van der Waals surface area contributed by atoms with Gasteiger partial charge in [0, 0.05) is 56.5 Å². The molecule has 3 fully saturated rings. The van der Waals surface area contributed by atoms with E-state index >= 15 is 0 Å². The lowest BCUT2D eigenvalue weighted by Gasteiger charge is -2.38. The summed E-state index contributed by atoms with van der Waals surface area (Å²) in [5.74, 6) is 0.0440. The van der Waals surface area contributed by atoms with Crippen LogP contribution in [0.4, 0.5) is 10.5 Å². The van der Waals surface area contributed by atoms with Gasteiger partial charge in [0.2, 0.25) is 5.91 Å². The van der Waals surface area contributed by atoms with Crippen LogP contribution in [0.1, 0.15) is 39.0 Å². The van der Waals surface area contributed by atoms with Crippen molar-refractivity contribution >= 4 is 29.2 Å². The molecule has 0 aromatic heterocycles. The summed E-state index contributed by atoms with van der Waals surface area (Å²) < 4.78 is 5.48. The van der Waals surface area contributed by atoms with Crippen LogP contribution in [-0.2, 0) is 9.53 Å². The monoisotopic (exact) mass is 492 g/mol. The quantitative estimate of drug-likeness (QED) is 0.611. The van der Waals surface area contributed by atoms with Gasteiger partial charge in [-0.25, -0.2) is 4.79 Å². The maximum absolute atomic E-state index is 13.1. The highest BCUT2D eigenvalue weighted by Gasteiger charge is 2.51. The molecule has 0 unspecified atom stereocenters. The summed E-state index contributed by atoms with van der Waals surface area (Å²) in [6.45, 7) is 5.78. The third-order valence-corrected chi connectivity index (χ3v) is 7.99. The maximum Gasteiger partial charge on any atom is 0.322 e. The smallest absolute Gasteiger partial charge is 0.322 e. The maximum atomic E-state index is 13.1. The highest BCUT2D eigenvalue weighted by molar-refractivity contribution is 6.30. The number of hydrogen-bond acceptors (Lipinski definition) is 5. The van der Waals surface area contributed by atoms with Gasteiger partial charge in [0.05, 0.1) is 18.8 Å². The molecule has 3 atom stereocenters. The topological polar surface area (TPSA) is 85.3 Å². The van der Waals surface area contributed by atoms with E-state index in [0.29, 0.717) is 37.0 Å². The average molecular weight is 493 g/mol. The average Bonchev–Trinajstić information content (AvgIpc) is 3.59. The lowest BCUT2D eigenvalue weighted by atomic mass is 9.90. The van der Waals surface area contributed by atoms with Crippen molar-refractivity contribution in [2.45, 2.75) is 57.2 Å². The largest absolute Gasteiger partial charge is 0.391 e. The molecule has 34 heavy (non-hydrogen) atoms. The molecule has 1 aromatic rings. The van der Waals surface area contributed by atoms with Gasteiger partial charge >= 0.3 is 6.03 Å². The van der Waals surface area contributed by atoms with Crippen LogP contribution < -0.4 is 5.32 Å².